The van der Waals surface area contributed by atoms with Crippen LogP contribution >= 0.6 is 0 Å². The van der Waals surface area contributed by atoms with Crippen LogP contribution in [0.2, 0.25) is 0 Å². The maximum atomic E-state index is 12.4. The van der Waals surface area contributed by atoms with Crippen molar-refractivity contribution in [1.29, 1.82) is 0 Å². The first-order chi connectivity index (χ1) is 10.1. The molecule has 1 fully saturated rings. The highest BCUT2D eigenvalue weighted by Gasteiger charge is 2.26. The van der Waals surface area contributed by atoms with E-state index >= 15 is 0 Å². The van der Waals surface area contributed by atoms with Gasteiger partial charge in [0.05, 0.1) is 0 Å². The van der Waals surface area contributed by atoms with Gasteiger partial charge in [-0.1, -0.05) is 0 Å². The second kappa shape index (κ2) is 5.71. The van der Waals surface area contributed by atoms with E-state index in [1.54, 1.807) is 6.92 Å². The fourth-order valence-corrected chi connectivity index (χ4v) is 2.90. The topological polar surface area (TPSA) is 64.2 Å². The average Bonchev–Trinajstić information content (AvgIpc) is 3.08. The van der Waals surface area contributed by atoms with Gasteiger partial charge in [-0.25, -0.2) is 9.97 Å². The number of aromatic nitrogens is 3. The Kier molecular flexibility index (Phi) is 3.77. The smallest absolute Gasteiger partial charge is 0.275 e. The number of imidazole rings is 1. The van der Waals surface area contributed by atoms with Gasteiger partial charge < -0.3 is 13.9 Å². The lowest BCUT2D eigenvalue weighted by Gasteiger charge is -2.32. The standard InChI is InChI=1S/C15H20N4O2/c1-11-16-5-7-18(11)8-13-4-3-6-19(9-13)15(20)14-10-21-12(2)17-14/h5,7,10,13H,3-4,6,8-9H2,1-2H3/t13-/m0/s1. The molecule has 112 valence electrons. The van der Waals surface area contributed by atoms with Crippen LogP contribution in [0.15, 0.2) is 23.1 Å². The molecule has 0 radical (unpaired) electrons. The fourth-order valence-electron chi connectivity index (χ4n) is 2.90. The van der Waals surface area contributed by atoms with Crippen molar-refractivity contribution in [3.05, 3.63) is 36.1 Å². The second-order valence-corrected chi connectivity index (χ2v) is 5.64. The highest BCUT2D eigenvalue weighted by molar-refractivity contribution is 5.92. The van der Waals surface area contributed by atoms with Gasteiger partial charge in [-0.2, -0.15) is 0 Å². The molecular formula is C15H20N4O2. The molecule has 0 N–H and O–H groups in total. The third-order valence-corrected chi connectivity index (χ3v) is 4.02. The first-order valence-corrected chi connectivity index (χ1v) is 7.32. The van der Waals surface area contributed by atoms with Crippen LogP contribution in [0.5, 0.6) is 0 Å². The number of hydrogen-bond acceptors (Lipinski definition) is 4. The predicted octanol–water partition coefficient (Wildman–Crippen LogP) is 2.04. The molecule has 6 heteroatoms. The summed E-state index contributed by atoms with van der Waals surface area (Å²) in [5, 5.41) is 0. The summed E-state index contributed by atoms with van der Waals surface area (Å²) in [7, 11) is 0. The monoisotopic (exact) mass is 288 g/mol. The molecule has 6 nitrogen and oxygen atoms in total. The molecule has 0 aromatic carbocycles. The molecule has 0 unspecified atom stereocenters. The Morgan fingerprint density at radius 2 is 2.33 bits per heavy atom. The van der Waals surface area contributed by atoms with Crippen molar-refractivity contribution in [3.63, 3.8) is 0 Å². The minimum absolute atomic E-state index is 0.0288. The first-order valence-electron chi connectivity index (χ1n) is 7.32. The molecule has 0 saturated carbocycles. The molecule has 0 spiro atoms. The van der Waals surface area contributed by atoms with Gasteiger partial charge >= 0.3 is 0 Å². The van der Waals surface area contributed by atoms with Gasteiger partial charge in [-0.3, -0.25) is 4.79 Å². The molecule has 21 heavy (non-hydrogen) atoms. The minimum Gasteiger partial charge on any atom is -0.448 e. The van der Waals surface area contributed by atoms with E-state index in [2.05, 4.69) is 14.5 Å². The van der Waals surface area contributed by atoms with Gasteiger partial charge in [-0.15, -0.1) is 0 Å². The first kappa shape index (κ1) is 13.9. The van der Waals surface area contributed by atoms with E-state index in [4.69, 9.17) is 4.42 Å². The molecule has 0 aliphatic carbocycles. The highest BCUT2D eigenvalue weighted by atomic mass is 16.3. The van der Waals surface area contributed by atoms with Gasteiger partial charge in [0.2, 0.25) is 0 Å². The van der Waals surface area contributed by atoms with Crippen molar-refractivity contribution in [2.45, 2.75) is 33.2 Å². The molecule has 3 rings (SSSR count). The maximum absolute atomic E-state index is 12.4. The van der Waals surface area contributed by atoms with Crippen molar-refractivity contribution in [1.82, 2.24) is 19.4 Å². The van der Waals surface area contributed by atoms with Gasteiger partial charge in [0.1, 0.15) is 12.1 Å². The van der Waals surface area contributed by atoms with E-state index in [-0.39, 0.29) is 5.91 Å². The largest absolute Gasteiger partial charge is 0.448 e. The molecule has 1 amide bonds. The predicted molar refractivity (Wildman–Crippen MR) is 76.8 cm³/mol. The zero-order chi connectivity index (χ0) is 14.8. The number of oxazole rings is 1. The summed E-state index contributed by atoms with van der Waals surface area (Å²) in [6.07, 6.45) is 7.43. The number of rotatable bonds is 3. The molecule has 0 bridgehead atoms. The van der Waals surface area contributed by atoms with Crippen LogP contribution < -0.4 is 0 Å². The van der Waals surface area contributed by atoms with E-state index in [1.807, 2.05) is 24.2 Å². The summed E-state index contributed by atoms with van der Waals surface area (Å²) >= 11 is 0. The summed E-state index contributed by atoms with van der Waals surface area (Å²) < 4.78 is 7.28. The van der Waals surface area contributed by atoms with E-state index in [0.29, 0.717) is 17.5 Å². The summed E-state index contributed by atoms with van der Waals surface area (Å²) in [6, 6.07) is 0. The van der Waals surface area contributed by atoms with Gasteiger partial charge in [0.15, 0.2) is 11.6 Å². The van der Waals surface area contributed by atoms with Crippen LogP contribution in [0.25, 0.3) is 0 Å². The summed E-state index contributed by atoms with van der Waals surface area (Å²) in [4.78, 5) is 22.7. The second-order valence-electron chi connectivity index (χ2n) is 5.64. The van der Waals surface area contributed by atoms with Crippen LogP contribution in [-0.2, 0) is 6.54 Å². The van der Waals surface area contributed by atoms with Crippen LogP contribution in [0.3, 0.4) is 0 Å². The van der Waals surface area contributed by atoms with Crippen LogP contribution in [0.1, 0.15) is 35.0 Å². The molecule has 1 aliphatic rings. The lowest BCUT2D eigenvalue weighted by atomic mass is 9.97. The van der Waals surface area contributed by atoms with Gasteiger partial charge in [0, 0.05) is 39.0 Å². The van der Waals surface area contributed by atoms with Crippen molar-refractivity contribution in [2.24, 2.45) is 5.92 Å². The molecule has 3 heterocycles. The third kappa shape index (κ3) is 2.99. The number of amides is 1. The molecule has 1 aliphatic heterocycles. The quantitative estimate of drug-likeness (QED) is 0.867. The molecule has 1 atom stereocenters. The highest BCUT2D eigenvalue weighted by Crippen LogP contribution is 2.20. The van der Waals surface area contributed by atoms with E-state index < -0.39 is 0 Å². The van der Waals surface area contributed by atoms with Crippen molar-refractivity contribution in [3.8, 4) is 0 Å². The zero-order valence-electron chi connectivity index (χ0n) is 12.5. The molecule has 1 saturated heterocycles. The number of hydrogen-bond donors (Lipinski definition) is 0. The summed E-state index contributed by atoms with van der Waals surface area (Å²) in [5.41, 5.74) is 0.409. The maximum Gasteiger partial charge on any atom is 0.275 e. The average molecular weight is 288 g/mol. The third-order valence-electron chi connectivity index (χ3n) is 4.02. The molecular weight excluding hydrogens is 268 g/mol. The Bertz CT molecular complexity index is 631. The number of aryl methyl sites for hydroxylation is 2. The lowest BCUT2D eigenvalue weighted by Crippen LogP contribution is -2.41. The number of carbonyl (C=O) groups is 1. The molecule has 2 aromatic rings. The number of likely N-dealkylation sites (tertiary alicyclic amines) is 1. The summed E-state index contributed by atoms with van der Waals surface area (Å²) in [6.45, 7) is 6.22. The Hall–Kier alpha value is -2.11. The van der Waals surface area contributed by atoms with Crippen LogP contribution in [-0.4, -0.2) is 38.4 Å². The Morgan fingerprint density at radius 1 is 1.48 bits per heavy atom. The fraction of sp³-hybridized carbons (Fsp3) is 0.533. The van der Waals surface area contributed by atoms with E-state index in [9.17, 15) is 4.79 Å². The van der Waals surface area contributed by atoms with Crippen LogP contribution in [0, 0.1) is 19.8 Å². The number of nitrogens with zero attached hydrogens (tertiary/aromatic N) is 4. The Morgan fingerprint density at radius 3 is 3.00 bits per heavy atom. The van der Waals surface area contributed by atoms with Gasteiger partial charge in [-0.05, 0) is 25.7 Å². The Balaban J connectivity index is 1.65. The Labute approximate surface area is 123 Å². The minimum atomic E-state index is -0.0288. The van der Waals surface area contributed by atoms with Crippen molar-refractivity contribution < 1.29 is 9.21 Å². The van der Waals surface area contributed by atoms with E-state index in [0.717, 1.165) is 38.3 Å². The zero-order valence-corrected chi connectivity index (χ0v) is 12.5. The lowest BCUT2D eigenvalue weighted by molar-refractivity contribution is 0.0656. The normalized spacial score (nSPS) is 19.0. The number of carbonyl (C=O) groups excluding carboxylic acids is 1. The van der Waals surface area contributed by atoms with Gasteiger partial charge in [0.25, 0.3) is 5.91 Å². The van der Waals surface area contributed by atoms with Crippen molar-refractivity contribution in [2.75, 3.05) is 13.1 Å². The number of piperidine rings is 1. The van der Waals surface area contributed by atoms with Crippen LogP contribution in [0.4, 0.5) is 0 Å². The summed E-state index contributed by atoms with van der Waals surface area (Å²) in [5.74, 6) is 1.98. The SMILES string of the molecule is Cc1nc(C(=O)N2CCC[C@@H](Cn3ccnc3C)C2)co1. The molecule has 2 aromatic heterocycles. The van der Waals surface area contributed by atoms with E-state index in [1.165, 1.54) is 6.26 Å². The van der Waals surface area contributed by atoms with Crippen molar-refractivity contribution >= 4 is 5.91 Å².